The van der Waals surface area contributed by atoms with Crippen LogP contribution in [-0.2, 0) is 29.7 Å². The van der Waals surface area contributed by atoms with Crippen LogP contribution in [0.2, 0.25) is 0 Å². The number of nitrogens with zero attached hydrogens (tertiary/aromatic N) is 3. The molecule has 1 aliphatic carbocycles. The molecule has 1 aromatic carbocycles. The average molecular weight is 367 g/mol. The van der Waals surface area contributed by atoms with Crippen molar-refractivity contribution in [3.8, 4) is 0 Å². The summed E-state index contributed by atoms with van der Waals surface area (Å²) >= 11 is 0. The number of amides is 2. The number of rotatable bonds is 9. The van der Waals surface area contributed by atoms with E-state index in [1.165, 1.54) is 0 Å². The number of carbonyl (C=O) groups excluding carboxylic acids is 2. The van der Waals surface area contributed by atoms with Gasteiger partial charge >= 0.3 is 0 Å². The number of hydrogen-bond donors (Lipinski definition) is 0. The molecule has 0 aliphatic heterocycles. The van der Waals surface area contributed by atoms with Crippen LogP contribution in [0.5, 0.6) is 0 Å². The van der Waals surface area contributed by atoms with Gasteiger partial charge in [0.05, 0.1) is 13.1 Å². The number of carbonyl (C=O) groups is 2. The molecule has 0 bridgehead atoms. The van der Waals surface area contributed by atoms with Crippen LogP contribution < -0.4 is 0 Å². The van der Waals surface area contributed by atoms with E-state index < -0.39 is 0 Å². The van der Waals surface area contributed by atoms with E-state index in [0.717, 1.165) is 30.5 Å². The minimum absolute atomic E-state index is 0.00232. The smallest absolute Gasteiger partial charge is 0.242 e. The van der Waals surface area contributed by atoms with E-state index >= 15 is 0 Å². The van der Waals surface area contributed by atoms with E-state index in [1.807, 2.05) is 72.1 Å². The van der Waals surface area contributed by atoms with Gasteiger partial charge in [0.1, 0.15) is 0 Å². The van der Waals surface area contributed by atoms with Gasteiger partial charge in [0, 0.05) is 37.9 Å². The van der Waals surface area contributed by atoms with Crippen molar-refractivity contribution >= 4 is 11.8 Å². The molecule has 0 spiro atoms. The first-order valence-electron chi connectivity index (χ1n) is 9.79. The summed E-state index contributed by atoms with van der Waals surface area (Å²) in [5.74, 6) is 0.283. The van der Waals surface area contributed by atoms with Crippen molar-refractivity contribution < 1.29 is 9.59 Å². The molecule has 0 unspecified atom stereocenters. The molecule has 27 heavy (non-hydrogen) atoms. The second kappa shape index (κ2) is 8.89. The van der Waals surface area contributed by atoms with E-state index in [1.54, 1.807) is 4.90 Å². The number of aryl methyl sites for hydroxylation is 1. The summed E-state index contributed by atoms with van der Waals surface area (Å²) < 4.78 is 2.03. The highest BCUT2D eigenvalue weighted by Gasteiger charge is 2.34. The Morgan fingerprint density at radius 3 is 2.37 bits per heavy atom. The monoisotopic (exact) mass is 367 g/mol. The Kier molecular flexibility index (Phi) is 6.32. The second-order valence-electron chi connectivity index (χ2n) is 7.38. The third kappa shape index (κ3) is 5.22. The summed E-state index contributed by atoms with van der Waals surface area (Å²) in [6, 6.07) is 14.0. The Morgan fingerprint density at radius 2 is 1.78 bits per heavy atom. The highest BCUT2D eigenvalue weighted by molar-refractivity contribution is 5.87. The quantitative estimate of drug-likeness (QED) is 0.683. The summed E-state index contributed by atoms with van der Waals surface area (Å²) in [5.41, 5.74) is 2.17. The Labute approximate surface area is 161 Å². The average Bonchev–Trinajstić information content (AvgIpc) is 3.44. The molecule has 3 rings (SSSR count). The molecule has 1 heterocycles. The molecule has 5 nitrogen and oxygen atoms in total. The van der Waals surface area contributed by atoms with Crippen LogP contribution >= 0.6 is 0 Å². The van der Waals surface area contributed by atoms with Crippen LogP contribution in [0.15, 0.2) is 48.7 Å². The molecule has 1 aliphatic rings. The maximum atomic E-state index is 13.1. The molecule has 2 aromatic rings. The van der Waals surface area contributed by atoms with Gasteiger partial charge in [0.25, 0.3) is 0 Å². The summed E-state index contributed by atoms with van der Waals surface area (Å²) in [6.07, 6.45) is 4.78. The van der Waals surface area contributed by atoms with E-state index in [4.69, 9.17) is 0 Å². The fourth-order valence-corrected chi connectivity index (χ4v) is 3.28. The molecular weight excluding hydrogens is 338 g/mol. The third-order valence-corrected chi connectivity index (χ3v) is 5.03. The predicted octanol–water partition coefficient (Wildman–Crippen LogP) is 3.20. The molecule has 144 valence electrons. The lowest BCUT2D eigenvalue weighted by molar-refractivity contribution is -0.142. The van der Waals surface area contributed by atoms with E-state index in [9.17, 15) is 9.59 Å². The Morgan fingerprint density at radius 1 is 1.04 bits per heavy atom. The molecule has 1 saturated carbocycles. The van der Waals surface area contributed by atoms with Crippen molar-refractivity contribution in [2.75, 3.05) is 13.1 Å². The lowest BCUT2D eigenvalue weighted by Crippen LogP contribution is -2.43. The molecule has 0 radical (unpaired) electrons. The van der Waals surface area contributed by atoms with Gasteiger partial charge in [-0.3, -0.25) is 9.59 Å². The lowest BCUT2D eigenvalue weighted by Gasteiger charge is -2.28. The molecule has 0 saturated heterocycles. The van der Waals surface area contributed by atoms with Crippen molar-refractivity contribution in [1.29, 1.82) is 0 Å². The molecule has 1 fully saturated rings. The topological polar surface area (TPSA) is 45.6 Å². The highest BCUT2D eigenvalue weighted by Crippen LogP contribution is 2.31. The largest absolute Gasteiger partial charge is 0.353 e. The third-order valence-electron chi connectivity index (χ3n) is 5.03. The minimum Gasteiger partial charge on any atom is -0.353 e. The van der Waals surface area contributed by atoms with Crippen molar-refractivity contribution in [2.45, 2.75) is 39.3 Å². The summed E-state index contributed by atoms with van der Waals surface area (Å²) in [4.78, 5) is 29.3. The van der Waals surface area contributed by atoms with Crippen LogP contribution in [0.4, 0.5) is 0 Å². The van der Waals surface area contributed by atoms with Crippen LogP contribution in [0, 0.1) is 5.92 Å². The fourth-order valence-electron chi connectivity index (χ4n) is 3.28. The molecule has 0 atom stereocenters. The van der Waals surface area contributed by atoms with Crippen LogP contribution in [0.1, 0.15) is 37.4 Å². The SMILES string of the molecule is CCCN(CC(=O)N(Cc1ccccc1)Cc1cccn1C)C(=O)C1CC1. The lowest BCUT2D eigenvalue weighted by atomic mass is 10.2. The van der Waals surface area contributed by atoms with E-state index in [0.29, 0.717) is 19.6 Å². The normalized spacial score (nSPS) is 13.4. The van der Waals surface area contributed by atoms with Gasteiger partial charge in [-0.15, -0.1) is 0 Å². The molecule has 2 amide bonds. The van der Waals surface area contributed by atoms with Gasteiger partial charge in [0.2, 0.25) is 11.8 Å². The zero-order valence-corrected chi connectivity index (χ0v) is 16.3. The van der Waals surface area contributed by atoms with E-state index in [2.05, 4.69) is 0 Å². The Balaban J connectivity index is 1.74. The van der Waals surface area contributed by atoms with Gasteiger partial charge in [0.15, 0.2) is 0 Å². The van der Waals surface area contributed by atoms with Crippen LogP contribution in [0.25, 0.3) is 0 Å². The number of hydrogen-bond acceptors (Lipinski definition) is 2. The Bertz CT molecular complexity index is 765. The van der Waals surface area contributed by atoms with Crippen molar-refractivity contribution in [3.05, 3.63) is 59.9 Å². The molecule has 5 heteroatoms. The zero-order chi connectivity index (χ0) is 19.2. The predicted molar refractivity (Wildman–Crippen MR) is 106 cm³/mol. The number of aromatic nitrogens is 1. The fraction of sp³-hybridized carbons (Fsp3) is 0.455. The minimum atomic E-state index is 0.00232. The zero-order valence-electron chi connectivity index (χ0n) is 16.3. The number of benzene rings is 1. The van der Waals surface area contributed by atoms with Crippen LogP contribution in [0.3, 0.4) is 0 Å². The van der Waals surface area contributed by atoms with Gasteiger partial charge in [-0.1, -0.05) is 37.3 Å². The van der Waals surface area contributed by atoms with Gasteiger partial charge in [-0.05, 0) is 37.0 Å². The first kappa shape index (κ1) is 19.2. The maximum absolute atomic E-state index is 13.1. The van der Waals surface area contributed by atoms with Crippen LogP contribution in [-0.4, -0.2) is 39.3 Å². The second-order valence-corrected chi connectivity index (χ2v) is 7.38. The maximum Gasteiger partial charge on any atom is 0.242 e. The van der Waals surface area contributed by atoms with Crippen molar-refractivity contribution in [3.63, 3.8) is 0 Å². The highest BCUT2D eigenvalue weighted by atomic mass is 16.2. The first-order chi connectivity index (χ1) is 13.1. The molecule has 1 aromatic heterocycles. The van der Waals surface area contributed by atoms with E-state index in [-0.39, 0.29) is 24.3 Å². The van der Waals surface area contributed by atoms with Crippen molar-refractivity contribution in [2.24, 2.45) is 13.0 Å². The Hall–Kier alpha value is -2.56. The standard InChI is InChI=1S/C22H29N3O2/c1-3-13-24(22(27)19-11-12-19)17-21(26)25(15-18-8-5-4-6-9-18)16-20-10-7-14-23(20)2/h4-10,14,19H,3,11-13,15-17H2,1-2H3. The van der Waals surface area contributed by atoms with Gasteiger partial charge in [-0.25, -0.2) is 0 Å². The molecular formula is C22H29N3O2. The molecule has 0 N–H and O–H groups in total. The summed E-state index contributed by atoms with van der Waals surface area (Å²) in [7, 11) is 1.99. The van der Waals surface area contributed by atoms with Gasteiger partial charge < -0.3 is 14.4 Å². The van der Waals surface area contributed by atoms with Gasteiger partial charge in [-0.2, -0.15) is 0 Å². The van der Waals surface area contributed by atoms with Crippen molar-refractivity contribution in [1.82, 2.24) is 14.4 Å². The first-order valence-corrected chi connectivity index (χ1v) is 9.79. The summed E-state index contributed by atoms with van der Waals surface area (Å²) in [5, 5.41) is 0. The summed E-state index contributed by atoms with van der Waals surface area (Å²) in [6.45, 7) is 3.94.